The summed E-state index contributed by atoms with van der Waals surface area (Å²) in [5, 5.41) is 3.39. The fourth-order valence-electron chi connectivity index (χ4n) is 1.70. The Balaban J connectivity index is 1.82. The second kappa shape index (κ2) is 6.16. The van der Waals surface area contributed by atoms with E-state index in [1.807, 2.05) is 12.3 Å². The molecule has 17 heavy (non-hydrogen) atoms. The first-order chi connectivity index (χ1) is 8.38. The van der Waals surface area contributed by atoms with Crippen LogP contribution in [-0.2, 0) is 19.5 Å². The zero-order valence-electron chi connectivity index (χ0n) is 10.2. The molecule has 2 nitrogen and oxygen atoms in total. The summed E-state index contributed by atoms with van der Waals surface area (Å²) in [5.41, 5.74) is 3.69. The summed E-state index contributed by atoms with van der Waals surface area (Å²) in [5.74, 6) is 0. The molecule has 1 aromatic heterocycles. The Kier molecular flexibility index (Phi) is 4.28. The molecule has 0 aliphatic carbocycles. The van der Waals surface area contributed by atoms with E-state index in [2.05, 4.69) is 53.6 Å². The Labute approximate surface area is 103 Å². The summed E-state index contributed by atoms with van der Waals surface area (Å²) in [4.78, 5) is 4.42. The lowest BCUT2D eigenvalue weighted by Crippen LogP contribution is -2.13. The predicted molar refractivity (Wildman–Crippen MR) is 70.6 cm³/mol. The molecule has 2 aromatic rings. The van der Waals surface area contributed by atoms with Crippen LogP contribution in [0.5, 0.6) is 0 Å². The maximum Gasteiger partial charge on any atom is 0.0541 e. The third-order valence-corrected chi connectivity index (χ3v) is 2.77. The number of nitrogens with one attached hydrogen (secondary N) is 1. The van der Waals surface area contributed by atoms with E-state index in [-0.39, 0.29) is 0 Å². The average molecular weight is 226 g/mol. The van der Waals surface area contributed by atoms with Gasteiger partial charge in [-0.3, -0.25) is 4.98 Å². The van der Waals surface area contributed by atoms with Crippen LogP contribution in [0.15, 0.2) is 48.7 Å². The van der Waals surface area contributed by atoms with Crippen LogP contribution < -0.4 is 5.32 Å². The maximum atomic E-state index is 4.42. The van der Waals surface area contributed by atoms with E-state index in [4.69, 9.17) is 0 Å². The molecule has 0 atom stereocenters. The minimum absolute atomic E-state index is 0.818. The fourth-order valence-corrected chi connectivity index (χ4v) is 1.70. The van der Waals surface area contributed by atoms with Crippen LogP contribution in [0.3, 0.4) is 0 Å². The highest BCUT2D eigenvalue weighted by atomic mass is 14.9. The number of hydrogen-bond donors (Lipinski definition) is 1. The van der Waals surface area contributed by atoms with Crippen molar-refractivity contribution in [3.05, 3.63) is 65.5 Å². The number of pyridine rings is 1. The van der Waals surface area contributed by atoms with Crippen molar-refractivity contribution in [2.45, 2.75) is 26.4 Å². The number of rotatable bonds is 5. The Hall–Kier alpha value is -1.67. The van der Waals surface area contributed by atoms with Crippen molar-refractivity contribution in [2.24, 2.45) is 0 Å². The molecule has 0 spiro atoms. The largest absolute Gasteiger partial charge is 0.307 e. The second-order valence-corrected chi connectivity index (χ2v) is 4.10. The van der Waals surface area contributed by atoms with Gasteiger partial charge in [0.05, 0.1) is 5.69 Å². The van der Waals surface area contributed by atoms with E-state index in [0.717, 1.165) is 25.2 Å². The van der Waals surface area contributed by atoms with Gasteiger partial charge >= 0.3 is 0 Å². The summed E-state index contributed by atoms with van der Waals surface area (Å²) in [7, 11) is 0. The summed E-state index contributed by atoms with van der Waals surface area (Å²) < 4.78 is 0. The van der Waals surface area contributed by atoms with Gasteiger partial charge < -0.3 is 5.32 Å². The van der Waals surface area contributed by atoms with Crippen LogP contribution in [0.25, 0.3) is 0 Å². The fraction of sp³-hybridized carbons (Fsp3) is 0.267. The van der Waals surface area contributed by atoms with Gasteiger partial charge in [-0.1, -0.05) is 43.3 Å². The van der Waals surface area contributed by atoms with Crippen LogP contribution in [0.4, 0.5) is 0 Å². The third-order valence-electron chi connectivity index (χ3n) is 2.77. The Bertz CT molecular complexity index is 434. The highest BCUT2D eigenvalue weighted by Crippen LogP contribution is 2.02. The molecule has 1 heterocycles. The van der Waals surface area contributed by atoms with E-state index in [9.17, 15) is 0 Å². The van der Waals surface area contributed by atoms with E-state index < -0.39 is 0 Å². The van der Waals surface area contributed by atoms with Crippen molar-refractivity contribution >= 4 is 0 Å². The molecule has 0 aliphatic heterocycles. The van der Waals surface area contributed by atoms with Crippen molar-refractivity contribution in [1.82, 2.24) is 10.3 Å². The summed E-state index contributed by atoms with van der Waals surface area (Å²) >= 11 is 0. The highest BCUT2D eigenvalue weighted by Gasteiger charge is 1.95. The first kappa shape index (κ1) is 11.8. The molecule has 0 saturated heterocycles. The summed E-state index contributed by atoms with van der Waals surface area (Å²) in [6, 6.07) is 14.6. The minimum atomic E-state index is 0.818. The van der Waals surface area contributed by atoms with Crippen molar-refractivity contribution < 1.29 is 0 Å². The molecule has 2 rings (SSSR count). The monoisotopic (exact) mass is 226 g/mol. The number of hydrogen-bond acceptors (Lipinski definition) is 2. The molecule has 0 fully saturated rings. The molecular formula is C15H18N2. The van der Waals surface area contributed by atoms with Crippen molar-refractivity contribution in [3.8, 4) is 0 Å². The van der Waals surface area contributed by atoms with E-state index in [1.165, 1.54) is 11.1 Å². The number of benzene rings is 1. The molecule has 0 saturated carbocycles. The predicted octanol–water partition coefficient (Wildman–Crippen LogP) is 2.93. The Morgan fingerprint density at radius 3 is 2.41 bits per heavy atom. The van der Waals surface area contributed by atoms with E-state index in [0.29, 0.717) is 0 Å². The van der Waals surface area contributed by atoms with Gasteiger partial charge in [-0.25, -0.2) is 0 Å². The molecular weight excluding hydrogens is 208 g/mol. The Morgan fingerprint density at radius 1 is 0.941 bits per heavy atom. The second-order valence-electron chi connectivity index (χ2n) is 4.10. The highest BCUT2D eigenvalue weighted by molar-refractivity contribution is 5.15. The van der Waals surface area contributed by atoms with Crippen molar-refractivity contribution in [2.75, 3.05) is 0 Å². The van der Waals surface area contributed by atoms with Crippen LogP contribution in [0.2, 0.25) is 0 Å². The molecule has 0 aliphatic rings. The summed E-state index contributed by atoms with van der Waals surface area (Å²) in [6.45, 7) is 3.85. The SMILES string of the molecule is CCc1ccc(CNCc2ccccc2)nc1. The van der Waals surface area contributed by atoms with Gasteiger partial charge in [0.15, 0.2) is 0 Å². The lowest BCUT2D eigenvalue weighted by atomic mass is 10.2. The van der Waals surface area contributed by atoms with Crippen LogP contribution >= 0.6 is 0 Å². The molecule has 2 heteroatoms. The third kappa shape index (κ3) is 3.68. The molecule has 0 amide bonds. The van der Waals surface area contributed by atoms with Crippen LogP contribution in [0, 0.1) is 0 Å². The van der Waals surface area contributed by atoms with Crippen molar-refractivity contribution in [3.63, 3.8) is 0 Å². The normalized spacial score (nSPS) is 10.4. The van der Waals surface area contributed by atoms with Gasteiger partial charge in [-0.15, -0.1) is 0 Å². The lowest BCUT2D eigenvalue weighted by molar-refractivity contribution is 0.679. The van der Waals surface area contributed by atoms with Gasteiger partial charge in [-0.2, -0.15) is 0 Å². The van der Waals surface area contributed by atoms with Gasteiger partial charge in [0.2, 0.25) is 0 Å². The smallest absolute Gasteiger partial charge is 0.0541 e. The number of aromatic nitrogens is 1. The molecule has 0 bridgehead atoms. The van der Waals surface area contributed by atoms with Crippen LogP contribution in [0.1, 0.15) is 23.7 Å². The number of aryl methyl sites for hydroxylation is 1. The lowest BCUT2D eigenvalue weighted by Gasteiger charge is -2.05. The first-order valence-electron chi connectivity index (χ1n) is 6.07. The van der Waals surface area contributed by atoms with Gasteiger partial charge in [0, 0.05) is 19.3 Å². The molecule has 0 unspecified atom stereocenters. The topological polar surface area (TPSA) is 24.9 Å². The van der Waals surface area contributed by atoms with Gasteiger partial charge in [0.25, 0.3) is 0 Å². The first-order valence-corrected chi connectivity index (χ1v) is 6.07. The quantitative estimate of drug-likeness (QED) is 0.848. The average Bonchev–Trinajstić information content (AvgIpc) is 2.41. The molecule has 0 radical (unpaired) electrons. The minimum Gasteiger partial charge on any atom is -0.307 e. The standard InChI is InChI=1S/C15H18N2/c1-2-13-8-9-15(17-11-13)12-16-10-14-6-4-3-5-7-14/h3-9,11,16H,2,10,12H2,1H3. The zero-order chi connectivity index (χ0) is 11.9. The van der Waals surface area contributed by atoms with E-state index >= 15 is 0 Å². The van der Waals surface area contributed by atoms with Gasteiger partial charge in [0.1, 0.15) is 0 Å². The van der Waals surface area contributed by atoms with Crippen LogP contribution in [-0.4, -0.2) is 4.98 Å². The summed E-state index contributed by atoms with van der Waals surface area (Å²) in [6.07, 6.45) is 3.00. The Morgan fingerprint density at radius 2 is 1.76 bits per heavy atom. The number of nitrogens with zero attached hydrogens (tertiary/aromatic N) is 1. The molecule has 1 aromatic carbocycles. The molecule has 1 N–H and O–H groups in total. The molecule has 88 valence electrons. The maximum absolute atomic E-state index is 4.42. The van der Waals surface area contributed by atoms with E-state index in [1.54, 1.807) is 0 Å². The zero-order valence-corrected chi connectivity index (χ0v) is 10.2. The van der Waals surface area contributed by atoms with Gasteiger partial charge in [-0.05, 0) is 23.6 Å². The van der Waals surface area contributed by atoms with Crippen molar-refractivity contribution in [1.29, 1.82) is 0 Å².